The largest absolute Gasteiger partial charge is 0.493 e. The summed E-state index contributed by atoms with van der Waals surface area (Å²) in [6.45, 7) is 3.72. The number of rotatable bonds is 9. The van der Waals surface area contributed by atoms with Crippen LogP contribution in [0.4, 0.5) is 0 Å². The van der Waals surface area contributed by atoms with Crippen molar-refractivity contribution in [3.63, 3.8) is 0 Å². The van der Waals surface area contributed by atoms with E-state index in [1.54, 1.807) is 25.3 Å². The van der Waals surface area contributed by atoms with E-state index in [1.807, 2.05) is 30.3 Å². The molecule has 1 saturated heterocycles. The SMILES string of the molecule is C=CCc1cc(/C=C2/SC(=S)N(CC(=O)O)C2=O)cc(OC)c1OCc1ccc(Br)cc1. The van der Waals surface area contributed by atoms with Crippen LogP contribution in [0.25, 0.3) is 6.08 Å². The number of carbonyl (C=O) groups is 2. The summed E-state index contributed by atoms with van der Waals surface area (Å²) in [6, 6.07) is 11.5. The number of ether oxygens (including phenoxy) is 2. The average Bonchev–Trinajstić information content (AvgIpc) is 3.01. The monoisotopic (exact) mass is 533 g/mol. The lowest BCUT2D eigenvalue weighted by molar-refractivity contribution is -0.140. The fraction of sp³-hybridized carbons (Fsp3) is 0.174. The summed E-state index contributed by atoms with van der Waals surface area (Å²) in [6.07, 6.45) is 3.97. The molecule has 3 rings (SSSR count). The molecular formula is C23H20BrNO5S2. The van der Waals surface area contributed by atoms with Crippen molar-refractivity contribution in [2.45, 2.75) is 13.0 Å². The van der Waals surface area contributed by atoms with Gasteiger partial charge in [0.25, 0.3) is 5.91 Å². The van der Waals surface area contributed by atoms with Gasteiger partial charge in [-0.25, -0.2) is 0 Å². The van der Waals surface area contributed by atoms with Crippen LogP contribution in [-0.4, -0.2) is 39.9 Å². The number of hydrogen-bond acceptors (Lipinski definition) is 6. The lowest BCUT2D eigenvalue weighted by atomic mass is 10.0. The number of hydrogen-bond donors (Lipinski definition) is 1. The molecule has 0 saturated carbocycles. The maximum atomic E-state index is 12.6. The standard InChI is InChI=1S/C23H20BrNO5S2/c1-3-4-16-9-15(11-19-22(28)25(12-20(26)27)23(31)32-19)10-18(29-2)21(16)30-13-14-5-7-17(24)8-6-14/h3,5-11H,1,4,12-13H2,2H3,(H,26,27)/b19-11+. The van der Waals surface area contributed by atoms with Crippen molar-refractivity contribution in [3.8, 4) is 11.5 Å². The Hall–Kier alpha value is -2.62. The first-order chi connectivity index (χ1) is 15.3. The van der Waals surface area contributed by atoms with Gasteiger partial charge in [0.15, 0.2) is 11.5 Å². The van der Waals surface area contributed by atoms with Crippen molar-refractivity contribution in [2.24, 2.45) is 0 Å². The molecule has 1 heterocycles. The molecule has 9 heteroatoms. The van der Waals surface area contributed by atoms with Crippen molar-refractivity contribution in [3.05, 3.63) is 75.1 Å². The number of carboxylic acids is 1. The Kier molecular flexibility index (Phi) is 8.11. The van der Waals surface area contributed by atoms with E-state index < -0.39 is 18.4 Å². The summed E-state index contributed by atoms with van der Waals surface area (Å²) in [5.41, 5.74) is 2.57. The Morgan fingerprint density at radius 2 is 2.03 bits per heavy atom. The second-order valence-electron chi connectivity index (χ2n) is 6.78. The third-order valence-corrected chi connectivity index (χ3v) is 6.41. The third-order valence-electron chi connectivity index (χ3n) is 4.50. The van der Waals surface area contributed by atoms with E-state index >= 15 is 0 Å². The molecule has 2 aromatic rings. The quantitative estimate of drug-likeness (QED) is 0.274. The summed E-state index contributed by atoms with van der Waals surface area (Å²) < 4.78 is 12.9. The summed E-state index contributed by atoms with van der Waals surface area (Å²) >= 11 is 9.65. The van der Waals surface area contributed by atoms with Gasteiger partial charge in [-0.1, -0.05) is 58.1 Å². The molecule has 0 unspecified atom stereocenters. The highest BCUT2D eigenvalue weighted by Gasteiger charge is 2.33. The first-order valence-corrected chi connectivity index (χ1v) is 11.5. The number of methoxy groups -OCH3 is 1. The van der Waals surface area contributed by atoms with E-state index in [4.69, 9.17) is 26.8 Å². The lowest BCUT2D eigenvalue weighted by Crippen LogP contribution is -2.33. The Labute approximate surface area is 204 Å². The zero-order valence-corrected chi connectivity index (χ0v) is 20.4. The summed E-state index contributed by atoms with van der Waals surface area (Å²) in [7, 11) is 1.55. The van der Waals surface area contributed by atoms with Crippen molar-refractivity contribution in [2.75, 3.05) is 13.7 Å². The zero-order chi connectivity index (χ0) is 23.3. The average molecular weight is 534 g/mol. The van der Waals surface area contributed by atoms with Crippen molar-refractivity contribution < 1.29 is 24.2 Å². The van der Waals surface area contributed by atoms with Gasteiger partial charge in [0.1, 0.15) is 17.5 Å². The topological polar surface area (TPSA) is 76.1 Å². The minimum Gasteiger partial charge on any atom is -0.493 e. The van der Waals surface area contributed by atoms with Crippen molar-refractivity contribution >= 4 is 62.2 Å². The van der Waals surface area contributed by atoms with Crippen LogP contribution in [0.5, 0.6) is 11.5 Å². The number of thioether (sulfide) groups is 1. The van der Waals surface area contributed by atoms with Gasteiger partial charge in [-0.05, 0) is 47.9 Å². The molecule has 1 N–H and O–H groups in total. The smallest absolute Gasteiger partial charge is 0.323 e. The molecule has 0 atom stereocenters. The van der Waals surface area contributed by atoms with E-state index in [9.17, 15) is 9.59 Å². The molecule has 0 aromatic heterocycles. The number of benzene rings is 2. The fourth-order valence-corrected chi connectivity index (χ4v) is 4.57. The van der Waals surface area contributed by atoms with Crippen LogP contribution < -0.4 is 9.47 Å². The van der Waals surface area contributed by atoms with Crippen molar-refractivity contribution in [1.82, 2.24) is 4.90 Å². The lowest BCUT2D eigenvalue weighted by Gasteiger charge is -2.16. The van der Waals surface area contributed by atoms with Crippen LogP contribution in [0.1, 0.15) is 16.7 Å². The molecule has 166 valence electrons. The Balaban J connectivity index is 1.90. The maximum Gasteiger partial charge on any atom is 0.323 e. The van der Waals surface area contributed by atoms with Crippen LogP contribution in [0, 0.1) is 0 Å². The molecule has 1 fully saturated rings. The normalized spacial score (nSPS) is 14.7. The maximum absolute atomic E-state index is 12.6. The summed E-state index contributed by atoms with van der Waals surface area (Å²) in [5.74, 6) is -0.424. The number of halogens is 1. The van der Waals surface area contributed by atoms with E-state index in [0.29, 0.717) is 35.0 Å². The Bertz CT molecular complexity index is 1100. The number of carbonyl (C=O) groups excluding carboxylic acids is 1. The Morgan fingerprint density at radius 3 is 2.66 bits per heavy atom. The second kappa shape index (κ2) is 10.8. The molecule has 2 aromatic carbocycles. The van der Waals surface area contributed by atoms with Crippen LogP contribution in [0.2, 0.25) is 0 Å². The summed E-state index contributed by atoms with van der Waals surface area (Å²) in [4.78, 5) is 25.0. The molecular weight excluding hydrogens is 514 g/mol. The van der Waals surface area contributed by atoms with Gasteiger partial charge in [0.05, 0.1) is 12.0 Å². The molecule has 0 spiro atoms. The van der Waals surface area contributed by atoms with Crippen LogP contribution >= 0.6 is 39.9 Å². The first-order valence-electron chi connectivity index (χ1n) is 9.48. The highest BCUT2D eigenvalue weighted by atomic mass is 79.9. The van der Waals surface area contributed by atoms with Gasteiger partial charge in [-0.3, -0.25) is 14.5 Å². The van der Waals surface area contributed by atoms with E-state index in [1.165, 1.54) is 0 Å². The second-order valence-corrected chi connectivity index (χ2v) is 9.37. The molecule has 0 aliphatic carbocycles. The van der Waals surface area contributed by atoms with Gasteiger partial charge in [-0.15, -0.1) is 6.58 Å². The molecule has 0 radical (unpaired) electrons. The first kappa shape index (κ1) is 24.0. The van der Waals surface area contributed by atoms with E-state index in [2.05, 4.69) is 22.5 Å². The minimum absolute atomic E-state index is 0.219. The highest BCUT2D eigenvalue weighted by molar-refractivity contribution is 9.10. The number of amides is 1. The number of aliphatic carboxylic acids is 1. The number of allylic oxidation sites excluding steroid dienone is 1. The summed E-state index contributed by atoms with van der Waals surface area (Å²) in [5, 5.41) is 9.00. The highest BCUT2D eigenvalue weighted by Crippen LogP contribution is 2.37. The Morgan fingerprint density at radius 1 is 1.31 bits per heavy atom. The number of nitrogens with zero attached hydrogens (tertiary/aromatic N) is 1. The van der Waals surface area contributed by atoms with E-state index in [0.717, 1.165) is 32.3 Å². The van der Waals surface area contributed by atoms with Crippen LogP contribution in [-0.2, 0) is 22.6 Å². The van der Waals surface area contributed by atoms with Gasteiger partial charge in [0.2, 0.25) is 0 Å². The fourth-order valence-electron chi connectivity index (χ4n) is 3.05. The predicted molar refractivity (Wildman–Crippen MR) is 133 cm³/mol. The predicted octanol–water partition coefficient (Wildman–Crippen LogP) is 5.05. The van der Waals surface area contributed by atoms with Crippen LogP contribution in [0.15, 0.2) is 58.4 Å². The molecule has 1 aliphatic rings. The van der Waals surface area contributed by atoms with Gasteiger partial charge < -0.3 is 14.6 Å². The molecule has 32 heavy (non-hydrogen) atoms. The number of thiocarbonyl (C=S) groups is 1. The minimum atomic E-state index is -1.12. The van der Waals surface area contributed by atoms with Gasteiger partial charge in [-0.2, -0.15) is 0 Å². The zero-order valence-electron chi connectivity index (χ0n) is 17.2. The van der Waals surface area contributed by atoms with Crippen molar-refractivity contribution in [1.29, 1.82) is 0 Å². The van der Waals surface area contributed by atoms with Crippen LogP contribution in [0.3, 0.4) is 0 Å². The molecule has 1 amide bonds. The molecule has 1 aliphatic heterocycles. The van der Waals surface area contributed by atoms with Gasteiger partial charge in [0, 0.05) is 10.0 Å². The third kappa shape index (κ3) is 5.79. The van der Waals surface area contributed by atoms with Gasteiger partial charge >= 0.3 is 5.97 Å². The number of carboxylic acid groups (broad SMARTS) is 1. The molecule has 6 nitrogen and oxygen atoms in total. The van der Waals surface area contributed by atoms with E-state index in [-0.39, 0.29) is 4.32 Å². The molecule has 0 bridgehead atoms.